The lowest BCUT2D eigenvalue weighted by Gasteiger charge is -1.99. The number of thiol groups is 1. The van der Waals surface area contributed by atoms with Crippen molar-refractivity contribution in [2.75, 3.05) is 4.72 Å². The minimum absolute atomic E-state index is 0.115. The van der Waals surface area contributed by atoms with E-state index in [1.165, 1.54) is 6.07 Å². The third-order valence-electron chi connectivity index (χ3n) is 1.51. The van der Waals surface area contributed by atoms with Crippen LogP contribution < -0.4 is 4.72 Å². The number of nitro benzene ring substituents is 2. The van der Waals surface area contributed by atoms with E-state index >= 15 is 0 Å². The van der Waals surface area contributed by atoms with Crippen LogP contribution >= 0.6 is 12.8 Å². The molecule has 0 aliphatic rings. The van der Waals surface area contributed by atoms with Crippen molar-refractivity contribution < 1.29 is 9.85 Å². The quantitative estimate of drug-likeness (QED) is 0.454. The molecule has 7 nitrogen and oxygen atoms in total. The van der Waals surface area contributed by atoms with E-state index in [4.69, 9.17) is 0 Å². The summed E-state index contributed by atoms with van der Waals surface area (Å²) in [6.45, 7) is 0. The standard InChI is InChI=1S/C6H5N3O4S/c10-8(11)4-1-2-5(7-14)6(3-4)9(12)13/h1-3,7,14H. The first-order valence-electron chi connectivity index (χ1n) is 3.39. The zero-order valence-electron chi connectivity index (χ0n) is 6.71. The van der Waals surface area contributed by atoms with Gasteiger partial charge >= 0.3 is 0 Å². The van der Waals surface area contributed by atoms with Crippen LogP contribution in [-0.4, -0.2) is 9.85 Å². The van der Waals surface area contributed by atoms with Gasteiger partial charge in [-0.05, 0) is 6.07 Å². The molecular weight excluding hydrogens is 210 g/mol. The van der Waals surface area contributed by atoms with E-state index in [0.717, 1.165) is 12.1 Å². The number of nitro groups is 2. The van der Waals surface area contributed by atoms with Gasteiger partial charge in [-0.25, -0.2) is 0 Å². The second-order valence-corrected chi connectivity index (χ2v) is 2.55. The van der Waals surface area contributed by atoms with Crippen molar-refractivity contribution >= 4 is 29.9 Å². The first-order chi connectivity index (χ1) is 6.56. The third kappa shape index (κ3) is 1.91. The van der Waals surface area contributed by atoms with E-state index < -0.39 is 9.85 Å². The molecule has 0 radical (unpaired) electrons. The van der Waals surface area contributed by atoms with Crippen molar-refractivity contribution in [1.82, 2.24) is 0 Å². The van der Waals surface area contributed by atoms with E-state index in [1.54, 1.807) is 0 Å². The molecule has 0 atom stereocenters. The molecule has 74 valence electrons. The maximum Gasteiger partial charge on any atom is 0.300 e. The summed E-state index contributed by atoms with van der Waals surface area (Å²) in [5, 5.41) is 20.8. The summed E-state index contributed by atoms with van der Waals surface area (Å²) in [5.41, 5.74) is -0.595. The molecule has 0 aliphatic heterocycles. The van der Waals surface area contributed by atoms with E-state index in [2.05, 4.69) is 17.5 Å². The summed E-state index contributed by atoms with van der Waals surface area (Å²) in [7, 11) is 0. The van der Waals surface area contributed by atoms with E-state index in [9.17, 15) is 20.2 Å². The molecule has 0 saturated heterocycles. The summed E-state index contributed by atoms with van der Waals surface area (Å²) in [6, 6.07) is 3.26. The number of benzene rings is 1. The molecule has 14 heavy (non-hydrogen) atoms. The Balaban J connectivity index is 3.27. The predicted octanol–water partition coefficient (Wildman–Crippen LogP) is 1.76. The van der Waals surface area contributed by atoms with Crippen molar-refractivity contribution in [2.45, 2.75) is 0 Å². The number of hydrogen-bond acceptors (Lipinski definition) is 6. The number of nitrogens with zero attached hydrogens (tertiary/aromatic N) is 2. The molecular formula is C6H5N3O4S. The van der Waals surface area contributed by atoms with Crippen molar-refractivity contribution in [2.24, 2.45) is 0 Å². The van der Waals surface area contributed by atoms with Gasteiger partial charge in [0.2, 0.25) is 0 Å². The fourth-order valence-electron chi connectivity index (χ4n) is 0.879. The normalized spacial score (nSPS) is 9.50. The Bertz CT molecular complexity index is 395. The first-order valence-corrected chi connectivity index (χ1v) is 3.84. The Morgan fingerprint density at radius 1 is 1.21 bits per heavy atom. The first kappa shape index (κ1) is 10.3. The number of hydrogen-bond donors (Lipinski definition) is 2. The Morgan fingerprint density at radius 3 is 2.29 bits per heavy atom. The van der Waals surface area contributed by atoms with Gasteiger partial charge in [0, 0.05) is 6.07 Å². The molecule has 0 spiro atoms. The van der Waals surface area contributed by atoms with Gasteiger partial charge in [0.25, 0.3) is 11.4 Å². The van der Waals surface area contributed by atoms with Crippen LogP contribution in [-0.2, 0) is 0 Å². The van der Waals surface area contributed by atoms with E-state index in [1.807, 2.05) is 0 Å². The smallest absolute Gasteiger partial charge is 0.300 e. The highest BCUT2D eigenvalue weighted by Crippen LogP contribution is 2.28. The Labute approximate surface area is 83.6 Å². The van der Waals surface area contributed by atoms with Gasteiger partial charge in [0.1, 0.15) is 5.69 Å². The molecule has 0 heterocycles. The second-order valence-electron chi connectivity index (χ2n) is 2.33. The molecule has 0 fully saturated rings. The van der Waals surface area contributed by atoms with Crippen LogP contribution in [0.1, 0.15) is 0 Å². The van der Waals surface area contributed by atoms with Gasteiger partial charge in [-0.3, -0.25) is 20.2 Å². The molecule has 0 saturated carbocycles. The van der Waals surface area contributed by atoms with Crippen LogP contribution in [0.3, 0.4) is 0 Å². The van der Waals surface area contributed by atoms with Crippen LogP contribution in [0, 0.1) is 20.2 Å². The van der Waals surface area contributed by atoms with Gasteiger partial charge in [-0.15, -0.1) is 0 Å². The molecule has 1 rings (SSSR count). The lowest BCUT2D eigenvalue weighted by atomic mass is 10.2. The van der Waals surface area contributed by atoms with Gasteiger partial charge in [-0.2, -0.15) is 0 Å². The number of non-ortho nitro benzene ring substituents is 1. The number of nitrogens with one attached hydrogen (secondary N) is 1. The van der Waals surface area contributed by atoms with Crippen LogP contribution in [0.2, 0.25) is 0 Å². The highest BCUT2D eigenvalue weighted by molar-refractivity contribution is 7.81. The molecule has 1 N–H and O–H groups in total. The lowest BCUT2D eigenvalue weighted by Crippen LogP contribution is -1.95. The number of rotatable bonds is 3. The number of anilines is 1. The SMILES string of the molecule is O=[N+]([O-])c1ccc(NS)c([N+](=O)[O-])c1. The summed E-state index contributed by atoms with van der Waals surface area (Å²) < 4.78 is 2.27. The third-order valence-corrected chi connectivity index (χ3v) is 1.75. The topological polar surface area (TPSA) is 98.3 Å². The summed E-state index contributed by atoms with van der Waals surface area (Å²) >= 11 is 3.64. The van der Waals surface area contributed by atoms with Crippen molar-refractivity contribution in [3.05, 3.63) is 38.4 Å². The van der Waals surface area contributed by atoms with Gasteiger partial charge in [0.05, 0.1) is 15.9 Å². The van der Waals surface area contributed by atoms with Crippen LogP contribution in [0.25, 0.3) is 0 Å². The highest BCUT2D eigenvalue weighted by atomic mass is 32.1. The summed E-state index contributed by atoms with van der Waals surface area (Å²) in [6.07, 6.45) is 0. The zero-order valence-corrected chi connectivity index (χ0v) is 7.60. The van der Waals surface area contributed by atoms with Gasteiger partial charge in [0.15, 0.2) is 0 Å². The van der Waals surface area contributed by atoms with E-state index in [-0.39, 0.29) is 17.1 Å². The van der Waals surface area contributed by atoms with Crippen molar-refractivity contribution in [3.8, 4) is 0 Å². The second kappa shape index (κ2) is 3.92. The monoisotopic (exact) mass is 215 g/mol. The summed E-state index contributed by atoms with van der Waals surface area (Å²) in [5.74, 6) is 0. The maximum absolute atomic E-state index is 10.5. The van der Waals surface area contributed by atoms with Crippen molar-refractivity contribution in [1.29, 1.82) is 0 Å². The molecule has 1 aromatic carbocycles. The Kier molecular flexibility index (Phi) is 2.87. The fourth-order valence-corrected chi connectivity index (χ4v) is 1.07. The van der Waals surface area contributed by atoms with E-state index in [0.29, 0.717) is 0 Å². The molecule has 0 amide bonds. The van der Waals surface area contributed by atoms with Crippen molar-refractivity contribution in [3.63, 3.8) is 0 Å². The molecule has 0 bridgehead atoms. The zero-order chi connectivity index (χ0) is 10.7. The molecule has 1 aromatic rings. The van der Waals surface area contributed by atoms with Crippen LogP contribution in [0.4, 0.5) is 17.1 Å². The average Bonchev–Trinajstić information content (AvgIpc) is 2.16. The largest absolute Gasteiger partial charge is 0.327 e. The minimum atomic E-state index is -0.717. The maximum atomic E-state index is 10.5. The lowest BCUT2D eigenvalue weighted by molar-refractivity contribution is -0.393. The average molecular weight is 215 g/mol. The van der Waals surface area contributed by atoms with Crippen LogP contribution in [0.15, 0.2) is 18.2 Å². The molecule has 0 aliphatic carbocycles. The summed E-state index contributed by atoms with van der Waals surface area (Å²) in [4.78, 5) is 19.4. The molecule has 0 unspecified atom stereocenters. The molecule has 8 heteroatoms. The fraction of sp³-hybridized carbons (Fsp3) is 0. The van der Waals surface area contributed by atoms with Gasteiger partial charge < -0.3 is 4.72 Å². The highest BCUT2D eigenvalue weighted by Gasteiger charge is 2.18. The Hall–Kier alpha value is -1.83. The minimum Gasteiger partial charge on any atom is -0.327 e. The van der Waals surface area contributed by atoms with Crippen LogP contribution in [0.5, 0.6) is 0 Å². The van der Waals surface area contributed by atoms with Gasteiger partial charge in [-0.1, -0.05) is 12.8 Å². The molecule has 0 aromatic heterocycles. The predicted molar refractivity (Wildman–Crippen MR) is 52.4 cm³/mol. The Morgan fingerprint density at radius 2 is 1.86 bits per heavy atom.